The largest absolute Gasteiger partial charge is 0.356 e. The maximum atomic E-state index is 14.4. The van der Waals surface area contributed by atoms with Crippen LogP contribution in [0.4, 0.5) is 10.1 Å². The summed E-state index contributed by atoms with van der Waals surface area (Å²) < 4.78 is 14.4. The summed E-state index contributed by atoms with van der Waals surface area (Å²) in [4.78, 5) is 23.4. The lowest BCUT2D eigenvalue weighted by atomic mass is 9.99. The fourth-order valence-electron chi connectivity index (χ4n) is 2.60. The fraction of sp³-hybridized carbons (Fsp3) is 0.529. The lowest BCUT2D eigenvalue weighted by Gasteiger charge is -2.19. The summed E-state index contributed by atoms with van der Waals surface area (Å²) in [5, 5.41) is 8.47. The summed E-state index contributed by atoms with van der Waals surface area (Å²) in [6.45, 7) is 5.57. The highest BCUT2D eigenvalue weighted by atomic mass is 35.5. The molecule has 3 N–H and O–H groups in total. The molecule has 1 aromatic rings. The van der Waals surface area contributed by atoms with Crippen LogP contribution in [0.1, 0.15) is 37.8 Å². The second kappa shape index (κ2) is 9.59. The molecule has 2 rings (SSSR count). The Morgan fingerprint density at radius 3 is 2.75 bits per heavy atom. The van der Waals surface area contributed by atoms with Crippen molar-refractivity contribution in [1.82, 2.24) is 10.6 Å². The Balaban J connectivity index is 0.00000288. The number of nitrogens with one attached hydrogen (secondary N) is 3. The Labute approximate surface area is 148 Å². The predicted molar refractivity (Wildman–Crippen MR) is 94.8 cm³/mol. The van der Waals surface area contributed by atoms with E-state index in [1.165, 1.54) is 0 Å². The van der Waals surface area contributed by atoms with Crippen molar-refractivity contribution < 1.29 is 14.0 Å². The molecule has 0 spiro atoms. The highest BCUT2D eigenvalue weighted by molar-refractivity contribution is 5.91. The van der Waals surface area contributed by atoms with E-state index >= 15 is 0 Å². The third-order valence-electron chi connectivity index (χ3n) is 3.75. The van der Waals surface area contributed by atoms with Crippen molar-refractivity contribution in [2.75, 3.05) is 18.4 Å². The molecule has 0 saturated heterocycles. The van der Waals surface area contributed by atoms with E-state index in [0.717, 1.165) is 12.1 Å². The molecule has 5 nitrogen and oxygen atoms in total. The Kier molecular flexibility index (Phi) is 8.15. The molecule has 1 aromatic carbocycles. The van der Waals surface area contributed by atoms with Crippen LogP contribution in [0.25, 0.3) is 0 Å². The van der Waals surface area contributed by atoms with Gasteiger partial charge >= 0.3 is 0 Å². The van der Waals surface area contributed by atoms with Gasteiger partial charge in [-0.25, -0.2) is 4.39 Å². The first-order valence-electron chi connectivity index (χ1n) is 8.05. The van der Waals surface area contributed by atoms with E-state index in [9.17, 15) is 14.0 Å². The minimum absolute atomic E-state index is 0. The molecule has 1 heterocycles. The number of carbonyl (C=O) groups excluding carboxylic acids is 2. The van der Waals surface area contributed by atoms with Crippen LogP contribution in [0.5, 0.6) is 0 Å². The molecule has 134 valence electrons. The molecule has 0 bridgehead atoms. The second-order valence-corrected chi connectivity index (χ2v) is 6.24. The van der Waals surface area contributed by atoms with E-state index in [1.807, 2.05) is 19.9 Å². The Bertz CT molecular complexity index is 593. The Morgan fingerprint density at radius 2 is 2.04 bits per heavy atom. The highest BCUT2D eigenvalue weighted by Crippen LogP contribution is 2.24. The molecule has 1 aliphatic rings. The zero-order valence-corrected chi connectivity index (χ0v) is 14.9. The lowest BCUT2D eigenvalue weighted by Crippen LogP contribution is -2.29. The van der Waals surface area contributed by atoms with Gasteiger partial charge in [0.1, 0.15) is 5.82 Å². The lowest BCUT2D eigenvalue weighted by molar-refractivity contribution is -0.122. The number of hydrogen-bond acceptors (Lipinski definition) is 3. The van der Waals surface area contributed by atoms with E-state index in [2.05, 4.69) is 16.0 Å². The van der Waals surface area contributed by atoms with Crippen molar-refractivity contribution in [3.63, 3.8) is 0 Å². The third-order valence-corrected chi connectivity index (χ3v) is 3.75. The molecule has 0 saturated carbocycles. The zero-order chi connectivity index (χ0) is 16.8. The van der Waals surface area contributed by atoms with E-state index in [4.69, 9.17) is 0 Å². The Morgan fingerprint density at radius 1 is 1.29 bits per heavy atom. The summed E-state index contributed by atoms with van der Waals surface area (Å²) in [6, 6.07) is 3.43. The van der Waals surface area contributed by atoms with Crippen molar-refractivity contribution >= 4 is 29.9 Å². The zero-order valence-electron chi connectivity index (χ0n) is 14.1. The highest BCUT2D eigenvalue weighted by Gasteiger charge is 2.17. The van der Waals surface area contributed by atoms with Gasteiger partial charge in [0.05, 0.1) is 5.69 Å². The van der Waals surface area contributed by atoms with Gasteiger partial charge in [-0.1, -0.05) is 19.9 Å². The minimum Gasteiger partial charge on any atom is -0.356 e. The van der Waals surface area contributed by atoms with Gasteiger partial charge in [-0.2, -0.15) is 0 Å². The molecule has 7 heteroatoms. The van der Waals surface area contributed by atoms with Crippen LogP contribution in [0.3, 0.4) is 0 Å². The van der Waals surface area contributed by atoms with E-state index < -0.39 is 0 Å². The molecular formula is C17H25ClFN3O2. The van der Waals surface area contributed by atoms with Crippen LogP contribution in [-0.4, -0.2) is 24.9 Å². The maximum absolute atomic E-state index is 14.4. The smallest absolute Gasteiger partial charge is 0.226 e. The number of fused-ring (bicyclic) bond motifs is 1. The van der Waals surface area contributed by atoms with Gasteiger partial charge < -0.3 is 16.0 Å². The molecule has 0 atom stereocenters. The van der Waals surface area contributed by atoms with Crippen LogP contribution in [0.2, 0.25) is 0 Å². The minimum atomic E-state index is -0.346. The molecular weight excluding hydrogens is 333 g/mol. The standard InChI is InChI=1S/C17H24FN3O2.ClH/c1-11(2)9-16(23)20-8-6-15(22)21-14-4-3-12-10-19-7-5-13(12)17(14)18;/h3-4,11,19H,5-10H2,1-2H3,(H,20,23)(H,21,22);1H. The van der Waals surface area contributed by atoms with E-state index in [0.29, 0.717) is 24.9 Å². The summed E-state index contributed by atoms with van der Waals surface area (Å²) in [5.41, 5.74) is 1.82. The van der Waals surface area contributed by atoms with Crippen molar-refractivity contribution in [3.8, 4) is 0 Å². The molecule has 0 unspecified atom stereocenters. The first-order chi connectivity index (χ1) is 11.0. The van der Waals surface area contributed by atoms with Crippen LogP contribution in [-0.2, 0) is 22.6 Å². The predicted octanol–water partition coefficient (Wildman–Crippen LogP) is 2.38. The van der Waals surface area contributed by atoms with Gasteiger partial charge in [0.25, 0.3) is 0 Å². The monoisotopic (exact) mass is 357 g/mol. The molecule has 2 amide bonds. The summed E-state index contributed by atoms with van der Waals surface area (Å²) in [5.74, 6) is -0.438. The molecule has 0 fully saturated rings. The third kappa shape index (κ3) is 5.76. The van der Waals surface area contributed by atoms with Gasteiger partial charge in [0.15, 0.2) is 0 Å². The van der Waals surface area contributed by atoms with Gasteiger partial charge in [0, 0.05) is 25.9 Å². The van der Waals surface area contributed by atoms with Crippen LogP contribution >= 0.6 is 12.4 Å². The van der Waals surface area contributed by atoms with E-state index in [1.54, 1.807) is 6.07 Å². The number of rotatable bonds is 6. The topological polar surface area (TPSA) is 70.2 Å². The number of carbonyl (C=O) groups is 2. The number of halogens is 2. The molecule has 0 radical (unpaired) electrons. The van der Waals surface area contributed by atoms with Crippen LogP contribution < -0.4 is 16.0 Å². The first-order valence-corrected chi connectivity index (χ1v) is 8.05. The van der Waals surface area contributed by atoms with Gasteiger partial charge in [0.2, 0.25) is 11.8 Å². The average Bonchev–Trinajstić information content (AvgIpc) is 2.49. The van der Waals surface area contributed by atoms with Gasteiger partial charge in [-0.05, 0) is 36.1 Å². The van der Waals surface area contributed by atoms with Gasteiger partial charge in [-0.3, -0.25) is 9.59 Å². The van der Waals surface area contributed by atoms with Crippen LogP contribution in [0, 0.1) is 11.7 Å². The number of benzene rings is 1. The summed E-state index contributed by atoms with van der Waals surface area (Å²) in [6.07, 6.45) is 1.19. The second-order valence-electron chi connectivity index (χ2n) is 6.24. The Hall–Kier alpha value is -1.66. The number of amides is 2. The molecule has 24 heavy (non-hydrogen) atoms. The van der Waals surface area contributed by atoms with Crippen LogP contribution in [0.15, 0.2) is 12.1 Å². The van der Waals surface area contributed by atoms with Crippen molar-refractivity contribution in [1.29, 1.82) is 0 Å². The van der Waals surface area contributed by atoms with Crippen molar-refractivity contribution in [2.24, 2.45) is 5.92 Å². The summed E-state index contributed by atoms with van der Waals surface area (Å²) in [7, 11) is 0. The fourth-order valence-corrected chi connectivity index (χ4v) is 2.60. The van der Waals surface area contributed by atoms with Crippen molar-refractivity contribution in [2.45, 2.75) is 39.7 Å². The SMILES string of the molecule is CC(C)CC(=O)NCCC(=O)Nc1ccc2c(c1F)CCNC2.Cl. The molecule has 0 aliphatic carbocycles. The average molecular weight is 358 g/mol. The van der Waals surface area contributed by atoms with Gasteiger partial charge in [-0.15, -0.1) is 12.4 Å². The summed E-state index contributed by atoms with van der Waals surface area (Å²) >= 11 is 0. The normalized spacial score (nSPS) is 13.0. The quantitative estimate of drug-likeness (QED) is 0.732. The molecule has 1 aliphatic heterocycles. The van der Waals surface area contributed by atoms with E-state index in [-0.39, 0.29) is 54.6 Å². The van der Waals surface area contributed by atoms with Crippen molar-refractivity contribution in [3.05, 3.63) is 29.1 Å². The number of hydrogen-bond donors (Lipinski definition) is 3. The number of anilines is 1. The molecule has 0 aromatic heterocycles. The first kappa shape index (κ1) is 20.4. The maximum Gasteiger partial charge on any atom is 0.226 e.